The van der Waals surface area contributed by atoms with Gasteiger partial charge in [0.2, 0.25) is 0 Å². The van der Waals surface area contributed by atoms with E-state index in [1.54, 1.807) is 6.92 Å². The lowest BCUT2D eigenvalue weighted by molar-refractivity contribution is -0.124. The van der Waals surface area contributed by atoms with Gasteiger partial charge in [0.25, 0.3) is 0 Å². The van der Waals surface area contributed by atoms with E-state index < -0.39 is 5.60 Å². The van der Waals surface area contributed by atoms with Crippen molar-refractivity contribution in [3.05, 3.63) is 23.4 Å². The predicted octanol–water partition coefficient (Wildman–Crippen LogP) is 2.96. The zero-order chi connectivity index (χ0) is 18.4. The first-order chi connectivity index (χ1) is 12.5. The van der Waals surface area contributed by atoms with Crippen molar-refractivity contribution in [3.8, 4) is 0 Å². The number of aliphatic hydroxyl groups is 1. The van der Waals surface area contributed by atoms with Gasteiger partial charge in [0.1, 0.15) is 11.6 Å². The summed E-state index contributed by atoms with van der Waals surface area (Å²) < 4.78 is 0. The molecular weight excluding hydrogens is 326 g/mol. The number of nitrogens with one attached hydrogen (secondary N) is 1. The molecule has 0 atom stereocenters. The van der Waals surface area contributed by atoms with Crippen LogP contribution in [0.5, 0.6) is 0 Å². The molecule has 0 radical (unpaired) electrons. The minimum absolute atomic E-state index is 0.0898. The molecule has 0 aliphatic carbocycles. The number of unbranched alkanes of at least 4 members (excludes halogenated alkanes) is 2. The third-order valence-corrected chi connectivity index (χ3v) is 5.72. The highest BCUT2D eigenvalue weighted by atomic mass is 16.3. The molecular formula is C21H33N3O2. The van der Waals surface area contributed by atoms with E-state index in [1.807, 2.05) is 0 Å². The molecule has 5 heteroatoms. The molecule has 26 heavy (non-hydrogen) atoms. The molecule has 144 valence electrons. The van der Waals surface area contributed by atoms with Gasteiger partial charge in [-0.1, -0.05) is 12.5 Å². The number of piperidine rings is 1. The normalized spacial score (nSPS) is 19.6. The Hall–Kier alpha value is -1.46. The molecule has 2 aliphatic heterocycles. The van der Waals surface area contributed by atoms with Crippen LogP contribution in [-0.4, -0.2) is 52.6 Å². The van der Waals surface area contributed by atoms with Crippen LogP contribution >= 0.6 is 0 Å². The Morgan fingerprint density at radius 2 is 2.08 bits per heavy atom. The molecule has 2 aliphatic rings. The summed E-state index contributed by atoms with van der Waals surface area (Å²) in [5, 5.41) is 13.8. The van der Waals surface area contributed by atoms with E-state index in [1.165, 1.54) is 36.9 Å². The number of fused-ring (bicyclic) bond motifs is 1. The third-order valence-electron chi connectivity index (χ3n) is 5.72. The molecule has 5 nitrogen and oxygen atoms in total. The summed E-state index contributed by atoms with van der Waals surface area (Å²) in [6, 6.07) is 4.42. The second-order valence-electron chi connectivity index (χ2n) is 8.10. The number of hydrogen-bond donors (Lipinski definition) is 2. The molecule has 0 saturated carbocycles. The Kier molecular flexibility index (Phi) is 6.65. The van der Waals surface area contributed by atoms with Crippen LogP contribution < -0.4 is 5.32 Å². The lowest BCUT2D eigenvalue weighted by Gasteiger charge is -2.37. The van der Waals surface area contributed by atoms with E-state index in [2.05, 4.69) is 22.3 Å². The number of hydrogen-bond acceptors (Lipinski definition) is 5. The maximum absolute atomic E-state index is 11.3. The molecule has 0 bridgehead atoms. The number of aromatic nitrogens is 1. The molecule has 1 fully saturated rings. The van der Waals surface area contributed by atoms with E-state index in [0.29, 0.717) is 6.42 Å². The molecule has 1 aromatic heterocycles. The van der Waals surface area contributed by atoms with E-state index in [-0.39, 0.29) is 5.78 Å². The van der Waals surface area contributed by atoms with Crippen LogP contribution in [0.25, 0.3) is 0 Å². The predicted molar refractivity (Wildman–Crippen MR) is 105 cm³/mol. The Morgan fingerprint density at radius 1 is 1.27 bits per heavy atom. The van der Waals surface area contributed by atoms with Gasteiger partial charge in [-0.05, 0) is 70.0 Å². The highest BCUT2D eigenvalue weighted by Gasteiger charge is 2.32. The summed E-state index contributed by atoms with van der Waals surface area (Å²) in [7, 11) is 0. The van der Waals surface area contributed by atoms with E-state index in [9.17, 15) is 9.90 Å². The van der Waals surface area contributed by atoms with Crippen molar-refractivity contribution in [2.24, 2.45) is 0 Å². The van der Waals surface area contributed by atoms with Crippen molar-refractivity contribution in [1.29, 1.82) is 0 Å². The van der Waals surface area contributed by atoms with Gasteiger partial charge < -0.3 is 15.3 Å². The van der Waals surface area contributed by atoms with Crippen LogP contribution in [0.3, 0.4) is 0 Å². The molecule has 2 N–H and O–H groups in total. The zero-order valence-corrected chi connectivity index (χ0v) is 16.1. The van der Waals surface area contributed by atoms with Gasteiger partial charge >= 0.3 is 0 Å². The maximum Gasteiger partial charge on any atom is 0.132 e. The van der Waals surface area contributed by atoms with Crippen LogP contribution in [0.15, 0.2) is 12.1 Å². The number of rotatable bonds is 8. The average Bonchev–Trinajstić information content (AvgIpc) is 2.62. The molecule has 0 spiro atoms. The summed E-state index contributed by atoms with van der Waals surface area (Å²) in [6.07, 6.45) is 8.72. The maximum atomic E-state index is 11.3. The number of nitrogens with zero attached hydrogens (tertiary/aromatic N) is 2. The fourth-order valence-corrected chi connectivity index (χ4v) is 4.16. The lowest BCUT2D eigenvalue weighted by Crippen LogP contribution is -2.45. The monoisotopic (exact) mass is 359 g/mol. The molecule has 3 rings (SSSR count). The SMILES string of the molecule is CC(=O)CC1(O)CCN(CCCCCc2ccc3c(n2)NCCC3)CC1. The highest BCUT2D eigenvalue weighted by Crippen LogP contribution is 2.26. The molecule has 0 unspecified atom stereocenters. The fraction of sp³-hybridized carbons (Fsp3) is 0.714. The topological polar surface area (TPSA) is 65.5 Å². The van der Waals surface area contributed by atoms with E-state index in [4.69, 9.17) is 4.98 Å². The smallest absolute Gasteiger partial charge is 0.132 e. The second-order valence-corrected chi connectivity index (χ2v) is 8.10. The number of carbonyl (C=O) groups excluding carboxylic acids is 1. The largest absolute Gasteiger partial charge is 0.389 e. The average molecular weight is 360 g/mol. The van der Waals surface area contributed by atoms with Gasteiger partial charge in [0.05, 0.1) is 5.60 Å². The van der Waals surface area contributed by atoms with Crippen LogP contribution in [0, 0.1) is 0 Å². The van der Waals surface area contributed by atoms with Crippen LogP contribution in [0.4, 0.5) is 5.82 Å². The number of ketones is 1. The summed E-state index contributed by atoms with van der Waals surface area (Å²) in [5.74, 6) is 1.19. The summed E-state index contributed by atoms with van der Waals surface area (Å²) in [6.45, 7) is 5.51. The quantitative estimate of drug-likeness (QED) is 0.699. The lowest BCUT2D eigenvalue weighted by atomic mass is 9.87. The number of pyridine rings is 1. The summed E-state index contributed by atoms with van der Waals surface area (Å²) in [4.78, 5) is 18.4. The Balaban J connectivity index is 1.31. The van der Waals surface area contributed by atoms with Gasteiger partial charge in [-0.2, -0.15) is 0 Å². The number of anilines is 1. The fourth-order valence-electron chi connectivity index (χ4n) is 4.16. The third kappa shape index (κ3) is 5.52. The van der Waals surface area contributed by atoms with Gasteiger partial charge in [-0.3, -0.25) is 4.79 Å². The summed E-state index contributed by atoms with van der Waals surface area (Å²) in [5.41, 5.74) is 1.80. The van der Waals surface area contributed by atoms with Gasteiger partial charge in [0.15, 0.2) is 0 Å². The number of carbonyl (C=O) groups is 1. The highest BCUT2D eigenvalue weighted by molar-refractivity contribution is 5.76. The Morgan fingerprint density at radius 3 is 2.85 bits per heavy atom. The van der Waals surface area contributed by atoms with Crippen molar-refractivity contribution in [2.45, 2.75) is 70.3 Å². The Bertz CT molecular complexity index is 609. The first-order valence-corrected chi connectivity index (χ1v) is 10.2. The van der Waals surface area contributed by atoms with Gasteiger partial charge in [0, 0.05) is 31.7 Å². The van der Waals surface area contributed by atoms with Crippen LogP contribution in [0.2, 0.25) is 0 Å². The second kappa shape index (κ2) is 8.96. The van der Waals surface area contributed by atoms with Crippen molar-refractivity contribution >= 4 is 11.6 Å². The molecule has 0 aromatic carbocycles. The summed E-state index contributed by atoms with van der Waals surface area (Å²) >= 11 is 0. The first-order valence-electron chi connectivity index (χ1n) is 10.2. The zero-order valence-electron chi connectivity index (χ0n) is 16.1. The minimum Gasteiger partial charge on any atom is -0.389 e. The number of Topliss-reactive ketones (excluding diaryl/α,β-unsaturated/α-hetero) is 1. The molecule has 1 saturated heterocycles. The molecule has 1 aromatic rings. The van der Waals surface area contributed by atoms with Gasteiger partial charge in [-0.25, -0.2) is 4.98 Å². The number of likely N-dealkylation sites (tertiary alicyclic amines) is 1. The van der Waals surface area contributed by atoms with Gasteiger partial charge in [-0.15, -0.1) is 0 Å². The standard InChI is InChI=1S/C21H33N3O2/c1-17(25)16-21(26)10-14-24(15-11-21)13-4-2-3-7-19-9-8-18-6-5-12-22-20(18)23-19/h8-9,26H,2-7,10-16H2,1H3,(H,22,23). The van der Waals surface area contributed by atoms with Crippen LogP contribution in [-0.2, 0) is 17.6 Å². The van der Waals surface area contributed by atoms with Crippen LogP contribution in [0.1, 0.15) is 63.1 Å². The van der Waals surface area contributed by atoms with Crippen molar-refractivity contribution in [2.75, 3.05) is 31.5 Å². The number of aryl methyl sites for hydroxylation is 2. The van der Waals surface area contributed by atoms with Crippen molar-refractivity contribution in [3.63, 3.8) is 0 Å². The minimum atomic E-state index is -0.755. The first kappa shape index (κ1) is 19.3. The van der Waals surface area contributed by atoms with E-state index in [0.717, 1.165) is 57.7 Å². The Labute approximate surface area is 157 Å². The molecule has 3 heterocycles. The van der Waals surface area contributed by atoms with E-state index >= 15 is 0 Å². The van der Waals surface area contributed by atoms with Crippen molar-refractivity contribution in [1.82, 2.24) is 9.88 Å². The van der Waals surface area contributed by atoms with Crippen molar-refractivity contribution < 1.29 is 9.90 Å². The molecule has 0 amide bonds.